The van der Waals surface area contributed by atoms with Crippen molar-refractivity contribution in [1.29, 1.82) is 0 Å². The molecule has 1 amide bonds. The van der Waals surface area contributed by atoms with Gasteiger partial charge in [0.1, 0.15) is 11.5 Å². The van der Waals surface area contributed by atoms with Crippen LogP contribution in [0.3, 0.4) is 0 Å². The van der Waals surface area contributed by atoms with E-state index >= 15 is 0 Å². The average molecular weight is 584 g/mol. The maximum absolute atomic E-state index is 13.7. The lowest BCUT2D eigenvalue weighted by Crippen LogP contribution is -2.48. The molecule has 210 valence electrons. The summed E-state index contributed by atoms with van der Waals surface area (Å²) in [5, 5.41) is 18.2. The zero-order chi connectivity index (χ0) is 29.4. The predicted molar refractivity (Wildman–Crippen MR) is 159 cm³/mol. The molecule has 0 unspecified atom stereocenters. The van der Waals surface area contributed by atoms with Crippen LogP contribution in [0.4, 0.5) is 15.8 Å². The van der Waals surface area contributed by atoms with Gasteiger partial charge in [0.25, 0.3) is 17.2 Å². The highest BCUT2D eigenvalue weighted by molar-refractivity contribution is 6.30. The van der Waals surface area contributed by atoms with E-state index in [0.29, 0.717) is 58.9 Å². The van der Waals surface area contributed by atoms with Gasteiger partial charge in [0, 0.05) is 59.5 Å². The first-order valence-corrected chi connectivity index (χ1v) is 13.5. The van der Waals surface area contributed by atoms with Gasteiger partial charge in [-0.25, -0.2) is 4.39 Å². The number of nitro benzene ring substituents is 1. The lowest BCUT2D eigenvalue weighted by molar-refractivity contribution is -0.384. The molecule has 42 heavy (non-hydrogen) atoms. The Kier molecular flexibility index (Phi) is 7.13. The highest BCUT2D eigenvalue weighted by atomic mass is 35.5. The molecule has 1 aromatic heterocycles. The second-order valence-electron chi connectivity index (χ2n) is 9.84. The van der Waals surface area contributed by atoms with Crippen LogP contribution in [0.1, 0.15) is 10.4 Å². The molecule has 0 radical (unpaired) electrons. The molecule has 1 fully saturated rings. The molecular formula is C31H23ClFN5O4. The summed E-state index contributed by atoms with van der Waals surface area (Å²) in [6.07, 6.45) is 0. The minimum absolute atomic E-state index is 0.0294. The van der Waals surface area contributed by atoms with Gasteiger partial charge >= 0.3 is 0 Å². The molecule has 0 aliphatic carbocycles. The highest BCUT2D eigenvalue weighted by Crippen LogP contribution is 2.31. The number of hydrogen-bond donors (Lipinski definition) is 0. The predicted octanol–water partition coefficient (Wildman–Crippen LogP) is 5.72. The van der Waals surface area contributed by atoms with E-state index in [9.17, 15) is 24.1 Å². The standard InChI is InChI=1S/C31H23ClFN5O4/c32-22-10-8-20(9-11-22)29-25-6-1-2-7-26(25)31(40)37(34-29)28-19-24(12-13-27(28)38(41)42)35-14-16-36(17-15-35)30(39)21-4-3-5-23(33)18-21/h1-13,18-19H,14-17H2. The van der Waals surface area contributed by atoms with Crippen molar-refractivity contribution >= 4 is 39.7 Å². The van der Waals surface area contributed by atoms with Crippen LogP contribution in [0, 0.1) is 15.9 Å². The van der Waals surface area contributed by atoms with Gasteiger partial charge in [-0.05, 0) is 48.5 Å². The molecule has 4 aromatic carbocycles. The Balaban J connectivity index is 1.38. The second-order valence-corrected chi connectivity index (χ2v) is 10.3. The molecule has 0 N–H and O–H groups in total. The number of aromatic nitrogens is 2. The van der Waals surface area contributed by atoms with E-state index in [1.165, 1.54) is 24.3 Å². The maximum Gasteiger partial charge on any atom is 0.295 e. The van der Waals surface area contributed by atoms with Crippen molar-refractivity contribution in [1.82, 2.24) is 14.7 Å². The first-order valence-electron chi connectivity index (χ1n) is 13.2. The van der Waals surface area contributed by atoms with Gasteiger partial charge in [0.05, 0.1) is 16.0 Å². The van der Waals surface area contributed by atoms with E-state index in [2.05, 4.69) is 5.10 Å². The molecular weight excluding hydrogens is 561 g/mol. The first-order chi connectivity index (χ1) is 20.3. The Morgan fingerprint density at radius 1 is 0.881 bits per heavy atom. The summed E-state index contributed by atoms with van der Waals surface area (Å²) in [7, 11) is 0. The summed E-state index contributed by atoms with van der Waals surface area (Å²) in [5.41, 5.74) is 1.36. The van der Waals surface area contributed by atoms with Crippen LogP contribution in [-0.4, -0.2) is 51.7 Å². The number of halogens is 2. The fourth-order valence-corrected chi connectivity index (χ4v) is 5.30. The summed E-state index contributed by atoms with van der Waals surface area (Å²) in [6, 6.07) is 24.1. The number of hydrogen-bond acceptors (Lipinski definition) is 6. The van der Waals surface area contributed by atoms with Crippen LogP contribution in [0.15, 0.2) is 95.8 Å². The van der Waals surface area contributed by atoms with Gasteiger partial charge in [0.2, 0.25) is 0 Å². The summed E-state index contributed by atoms with van der Waals surface area (Å²) >= 11 is 6.09. The molecule has 9 nitrogen and oxygen atoms in total. The molecule has 0 saturated carbocycles. The number of amides is 1. The Labute approximate surface area is 244 Å². The number of nitro groups is 1. The number of carbonyl (C=O) groups is 1. The first kappa shape index (κ1) is 27.1. The van der Waals surface area contributed by atoms with Gasteiger partial charge in [-0.3, -0.25) is 19.7 Å². The fraction of sp³-hybridized carbons (Fsp3) is 0.129. The average Bonchev–Trinajstić information content (AvgIpc) is 3.01. The Bertz CT molecular complexity index is 1900. The Morgan fingerprint density at radius 3 is 2.29 bits per heavy atom. The van der Waals surface area contributed by atoms with Crippen LogP contribution < -0.4 is 10.5 Å². The van der Waals surface area contributed by atoms with Gasteiger partial charge in [-0.1, -0.05) is 48.0 Å². The second kappa shape index (κ2) is 11.1. The summed E-state index contributed by atoms with van der Waals surface area (Å²) in [4.78, 5) is 41.7. The van der Waals surface area contributed by atoms with Crippen molar-refractivity contribution < 1.29 is 14.1 Å². The number of rotatable bonds is 5. The van der Waals surface area contributed by atoms with E-state index in [1.54, 1.807) is 71.6 Å². The quantitative estimate of drug-likeness (QED) is 0.194. The molecule has 6 rings (SSSR count). The molecule has 0 spiro atoms. The zero-order valence-corrected chi connectivity index (χ0v) is 22.9. The lowest BCUT2D eigenvalue weighted by Gasteiger charge is -2.36. The monoisotopic (exact) mass is 583 g/mol. The van der Waals surface area contributed by atoms with E-state index < -0.39 is 16.3 Å². The van der Waals surface area contributed by atoms with Gasteiger partial charge in [-0.2, -0.15) is 9.78 Å². The van der Waals surface area contributed by atoms with Crippen molar-refractivity contribution in [3.63, 3.8) is 0 Å². The van der Waals surface area contributed by atoms with Gasteiger partial charge in [0.15, 0.2) is 0 Å². The Morgan fingerprint density at radius 2 is 1.60 bits per heavy atom. The number of piperazine rings is 1. The SMILES string of the molecule is O=C(c1cccc(F)c1)N1CCN(c2ccc([N+](=O)[O-])c(-n3nc(-c4ccc(Cl)cc4)c4ccccc4c3=O)c2)CC1. The van der Waals surface area contributed by atoms with Crippen molar-refractivity contribution in [3.05, 3.63) is 128 Å². The van der Waals surface area contributed by atoms with Crippen LogP contribution in [0.2, 0.25) is 5.02 Å². The topological polar surface area (TPSA) is 102 Å². The summed E-state index contributed by atoms with van der Waals surface area (Å²) in [6.45, 7) is 1.62. The molecule has 5 aromatic rings. The van der Waals surface area contributed by atoms with E-state index in [-0.39, 0.29) is 22.8 Å². The van der Waals surface area contributed by atoms with Crippen LogP contribution in [0.5, 0.6) is 0 Å². The van der Waals surface area contributed by atoms with E-state index in [0.717, 1.165) is 4.68 Å². The van der Waals surface area contributed by atoms with Crippen molar-refractivity contribution in [2.24, 2.45) is 0 Å². The smallest absolute Gasteiger partial charge is 0.295 e. The van der Waals surface area contributed by atoms with Gasteiger partial charge < -0.3 is 9.80 Å². The molecule has 11 heteroatoms. The summed E-state index contributed by atoms with van der Waals surface area (Å²) in [5.74, 6) is -0.741. The van der Waals surface area contributed by atoms with Crippen molar-refractivity contribution in [2.75, 3.05) is 31.1 Å². The normalized spacial score (nSPS) is 13.4. The zero-order valence-electron chi connectivity index (χ0n) is 22.1. The minimum atomic E-state index is -0.542. The number of anilines is 1. The Hall–Kier alpha value is -5.09. The minimum Gasteiger partial charge on any atom is -0.368 e. The largest absolute Gasteiger partial charge is 0.368 e. The molecule has 0 bridgehead atoms. The maximum atomic E-state index is 13.7. The molecule has 0 atom stereocenters. The third kappa shape index (κ3) is 5.08. The number of fused-ring (bicyclic) bond motifs is 1. The number of benzene rings is 4. The van der Waals surface area contributed by atoms with E-state index in [1.807, 2.05) is 4.90 Å². The summed E-state index contributed by atoms with van der Waals surface area (Å²) < 4.78 is 14.7. The number of nitrogens with zero attached hydrogens (tertiary/aromatic N) is 5. The highest BCUT2D eigenvalue weighted by Gasteiger charge is 2.26. The number of carbonyl (C=O) groups excluding carboxylic acids is 1. The third-order valence-corrected chi connectivity index (χ3v) is 7.56. The molecule has 1 saturated heterocycles. The molecule has 1 aliphatic rings. The van der Waals surface area contributed by atoms with Crippen LogP contribution >= 0.6 is 11.6 Å². The fourth-order valence-electron chi connectivity index (χ4n) is 5.18. The third-order valence-electron chi connectivity index (χ3n) is 7.31. The van der Waals surface area contributed by atoms with Crippen LogP contribution in [0.25, 0.3) is 27.7 Å². The van der Waals surface area contributed by atoms with E-state index in [4.69, 9.17) is 11.6 Å². The molecule has 1 aliphatic heterocycles. The lowest BCUT2D eigenvalue weighted by atomic mass is 10.0. The van der Waals surface area contributed by atoms with Crippen molar-refractivity contribution in [2.45, 2.75) is 0 Å². The molecule has 2 heterocycles. The van der Waals surface area contributed by atoms with Gasteiger partial charge in [-0.15, -0.1) is 0 Å². The van der Waals surface area contributed by atoms with Crippen molar-refractivity contribution in [3.8, 4) is 16.9 Å². The van der Waals surface area contributed by atoms with Crippen LogP contribution in [-0.2, 0) is 0 Å².